The van der Waals surface area contributed by atoms with Gasteiger partial charge >= 0.3 is 0 Å². The second-order valence-corrected chi connectivity index (χ2v) is 6.04. The van der Waals surface area contributed by atoms with Crippen molar-refractivity contribution in [3.63, 3.8) is 0 Å². The molecule has 0 radical (unpaired) electrons. The highest BCUT2D eigenvalue weighted by molar-refractivity contribution is 5.97. The highest BCUT2D eigenvalue weighted by Crippen LogP contribution is 2.47. The molecule has 4 nitrogen and oxygen atoms in total. The van der Waals surface area contributed by atoms with Crippen LogP contribution >= 0.6 is 0 Å². The van der Waals surface area contributed by atoms with Crippen LogP contribution in [0.25, 0.3) is 0 Å². The van der Waals surface area contributed by atoms with Gasteiger partial charge in [-0.1, -0.05) is 18.2 Å². The van der Waals surface area contributed by atoms with Crippen molar-refractivity contribution in [2.24, 2.45) is 5.92 Å². The zero-order chi connectivity index (χ0) is 16.7. The van der Waals surface area contributed by atoms with Gasteiger partial charge in [-0.2, -0.15) is 0 Å². The Morgan fingerprint density at radius 3 is 2.36 bits per heavy atom. The Balaban J connectivity index is 2.75. The van der Waals surface area contributed by atoms with Crippen LogP contribution in [-0.4, -0.2) is 27.4 Å². The quantitative estimate of drug-likeness (QED) is 0.900. The third kappa shape index (κ3) is 2.68. The smallest absolute Gasteiger partial charge is 0.159 e. The first-order valence-corrected chi connectivity index (χ1v) is 7.07. The average Bonchev–Trinajstić information content (AvgIpc) is 2.35. The monoisotopic (exact) mass is 306 g/mol. The van der Waals surface area contributed by atoms with E-state index in [9.17, 15) is 24.2 Å². The molecule has 1 aromatic carbocycles. The summed E-state index contributed by atoms with van der Waals surface area (Å²) in [6.45, 7) is 3.98. The van der Waals surface area contributed by atoms with Gasteiger partial charge in [-0.3, -0.25) is 9.59 Å². The lowest BCUT2D eigenvalue weighted by atomic mass is 9.64. The number of hydrogen-bond acceptors (Lipinski definition) is 4. The lowest BCUT2D eigenvalue weighted by Crippen LogP contribution is -2.47. The van der Waals surface area contributed by atoms with Crippen LogP contribution in [0.1, 0.15) is 38.7 Å². The lowest BCUT2D eigenvalue weighted by molar-refractivity contribution is -0.132. The van der Waals surface area contributed by atoms with E-state index in [0.29, 0.717) is 0 Å². The largest absolute Gasteiger partial charge is 0.512 e. The van der Waals surface area contributed by atoms with E-state index < -0.39 is 29.0 Å². The van der Waals surface area contributed by atoms with E-state index in [-0.39, 0.29) is 29.1 Å². The number of carbonyl (C=O) groups excluding carboxylic acids is 2. The Hall–Kier alpha value is -2.01. The van der Waals surface area contributed by atoms with Crippen LogP contribution in [0.3, 0.4) is 0 Å². The zero-order valence-corrected chi connectivity index (χ0v) is 12.8. The summed E-state index contributed by atoms with van der Waals surface area (Å²) in [6, 6.07) is 5.78. The summed E-state index contributed by atoms with van der Waals surface area (Å²) in [5.74, 6) is -3.66. The van der Waals surface area contributed by atoms with Crippen molar-refractivity contribution < 1.29 is 24.2 Å². The number of ketones is 2. The van der Waals surface area contributed by atoms with Gasteiger partial charge in [-0.05, 0) is 32.4 Å². The molecule has 1 aromatic rings. The van der Waals surface area contributed by atoms with E-state index in [1.54, 1.807) is 6.07 Å². The molecule has 118 valence electrons. The number of aliphatic hydroxyl groups is 2. The molecule has 0 saturated heterocycles. The van der Waals surface area contributed by atoms with E-state index in [0.717, 1.165) is 0 Å². The molecule has 0 saturated carbocycles. The van der Waals surface area contributed by atoms with Gasteiger partial charge in [0.2, 0.25) is 0 Å². The number of allylic oxidation sites excluding steroid dienone is 1. The molecule has 0 fully saturated rings. The number of aliphatic hydroxyl groups excluding tert-OH is 1. The Morgan fingerprint density at radius 2 is 1.86 bits per heavy atom. The lowest BCUT2D eigenvalue weighted by Gasteiger charge is -2.42. The predicted molar refractivity (Wildman–Crippen MR) is 78.9 cm³/mol. The first kappa shape index (κ1) is 16.4. The van der Waals surface area contributed by atoms with Crippen LogP contribution in [0.5, 0.6) is 0 Å². The van der Waals surface area contributed by atoms with E-state index in [1.165, 1.54) is 39.0 Å². The molecule has 5 heteroatoms. The molecule has 0 aromatic heterocycles. The molecule has 0 spiro atoms. The Kier molecular flexibility index (Phi) is 4.20. The highest BCUT2D eigenvalue weighted by atomic mass is 19.1. The van der Waals surface area contributed by atoms with E-state index in [1.807, 2.05) is 0 Å². The van der Waals surface area contributed by atoms with Gasteiger partial charge in [0.25, 0.3) is 0 Å². The van der Waals surface area contributed by atoms with Crippen molar-refractivity contribution in [2.45, 2.75) is 38.7 Å². The topological polar surface area (TPSA) is 74.6 Å². The third-order valence-corrected chi connectivity index (χ3v) is 4.21. The van der Waals surface area contributed by atoms with Gasteiger partial charge in [-0.25, -0.2) is 4.39 Å². The first-order chi connectivity index (χ1) is 10.2. The summed E-state index contributed by atoms with van der Waals surface area (Å²) in [4.78, 5) is 24.0. The average molecular weight is 306 g/mol. The normalized spacial score (nSPS) is 28.6. The highest BCUT2D eigenvalue weighted by Gasteiger charge is 2.49. The van der Waals surface area contributed by atoms with Crippen molar-refractivity contribution in [3.8, 4) is 0 Å². The van der Waals surface area contributed by atoms with Crippen LogP contribution in [0.4, 0.5) is 4.39 Å². The molecule has 0 bridgehead atoms. The minimum atomic E-state index is -1.55. The van der Waals surface area contributed by atoms with Gasteiger partial charge in [0.05, 0.1) is 11.5 Å². The number of hydrogen-bond donors (Lipinski definition) is 2. The fourth-order valence-corrected chi connectivity index (χ4v) is 3.41. The second-order valence-electron chi connectivity index (χ2n) is 6.04. The van der Waals surface area contributed by atoms with Crippen LogP contribution in [-0.2, 0) is 9.59 Å². The van der Waals surface area contributed by atoms with Gasteiger partial charge in [0.15, 0.2) is 5.78 Å². The maximum absolute atomic E-state index is 14.2. The summed E-state index contributed by atoms with van der Waals surface area (Å²) >= 11 is 0. The molecular formula is C17H19FO4. The molecule has 2 rings (SSSR count). The number of carbonyl (C=O) groups is 2. The Labute approximate surface area is 128 Å². The summed E-state index contributed by atoms with van der Waals surface area (Å²) in [7, 11) is 0. The molecule has 1 aliphatic carbocycles. The maximum Gasteiger partial charge on any atom is 0.159 e. The van der Waals surface area contributed by atoms with Crippen molar-refractivity contribution in [3.05, 3.63) is 47.0 Å². The molecule has 22 heavy (non-hydrogen) atoms. The maximum atomic E-state index is 14.2. The van der Waals surface area contributed by atoms with Gasteiger partial charge in [0, 0.05) is 17.9 Å². The summed E-state index contributed by atoms with van der Waals surface area (Å²) in [6.07, 6.45) is -0.211. The molecule has 3 unspecified atom stereocenters. The predicted octanol–water partition coefficient (Wildman–Crippen LogP) is 2.67. The van der Waals surface area contributed by atoms with Gasteiger partial charge < -0.3 is 10.2 Å². The van der Waals surface area contributed by atoms with Gasteiger partial charge in [-0.15, -0.1) is 0 Å². The fraction of sp³-hybridized carbons (Fsp3) is 0.412. The minimum Gasteiger partial charge on any atom is -0.512 e. The molecule has 2 N–H and O–H groups in total. The standard InChI is InChI=1S/C17H19FO4/c1-9(19)14-13(21)8-17(3,22)16(10(2)20)15(14)11-6-4-5-7-12(11)18/h4-7,15-16,21-22H,8H2,1-3H3. The Bertz CT molecular complexity index is 660. The number of halogens is 1. The van der Waals surface area contributed by atoms with E-state index >= 15 is 0 Å². The van der Waals surface area contributed by atoms with Crippen LogP contribution in [0.15, 0.2) is 35.6 Å². The molecule has 3 atom stereocenters. The van der Waals surface area contributed by atoms with E-state index in [2.05, 4.69) is 0 Å². The number of benzene rings is 1. The minimum absolute atomic E-state index is 0.00294. The zero-order valence-electron chi connectivity index (χ0n) is 12.8. The van der Waals surface area contributed by atoms with E-state index in [4.69, 9.17) is 0 Å². The SMILES string of the molecule is CC(=O)C1=C(O)CC(C)(O)C(C(C)=O)C1c1ccccc1F. The van der Waals surface area contributed by atoms with Crippen molar-refractivity contribution in [2.75, 3.05) is 0 Å². The third-order valence-electron chi connectivity index (χ3n) is 4.21. The van der Waals surface area contributed by atoms with Crippen molar-refractivity contribution >= 4 is 11.6 Å². The summed E-state index contributed by atoms with van der Waals surface area (Å²) < 4.78 is 14.2. The second kappa shape index (κ2) is 5.65. The van der Waals surface area contributed by atoms with Crippen molar-refractivity contribution in [1.82, 2.24) is 0 Å². The molecule has 0 heterocycles. The van der Waals surface area contributed by atoms with Crippen LogP contribution in [0.2, 0.25) is 0 Å². The first-order valence-electron chi connectivity index (χ1n) is 7.07. The Morgan fingerprint density at radius 1 is 1.27 bits per heavy atom. The number of rotatable bonds is 3. The molecule has 0 amide bonds. The summed E-state index contributed by atoms with van der Waals surface area (Å²) in [5, 5.41) is 20.7. The number of Topliss-reactive ketones (excluding diaryl/α,β-unsaturated/α-hetero) is 2. The van der Waals surface area contributed by atoms with Crippen LogP contribution < -0.4 is 0 Å². The fourth-order valence-electron chi connectivity index (χ4n) is 3.41. The summed E-state index contributed by atoms with van der Waals surface area (Å²) in [5.41, 5.74) is -1.43. The van der Waals surface area contributed by atoms with Crippen molar-refractivity contribution in [1.29, 1.82) is 0 Å². The molecular weight excluding hydrogens is 287 g/mol. The van der Waals surface area contributed by atoms with Gasteiger partial charge in [0.1, 0.15) is 17.4 Å². The van der Waals surface area contributed by atoms with Crippen LogP contribution in [0, 0.1) is 11.7 Å². The molecule has 1 aliphatic rings. The molecule has 0 aliphatic heterocycles.